The summed E-state index contributed by atoms with van der Waals surface area (Å²) in [4.78, 5) is 14.2. The monoisotopic (exact) mass is 292 g/mol. The Labute approximate surface area is 126 Å². The summed E-state index contributed by atoms with van der Waals surface area (Å²) in [6.45, 7) is 6.00. The minimum Gasteiger partial charge on any atom is -0.493 e. The fourth-order valence-electron chi connectivity index (χ4n) is 2.82. The number of carbonyl (C=O) groups excluding carboxylic acids is 1. The second kappa shape index (κ2) is 6.80. The molecule has 0 aromatic heterocycles. The van der Waals surface area contributed by atoms with Crippen LogP contribution >= 0.6 is 0 Å². The number of benzene rings is 1. The molecule has 1 N–H and O–H groups in total. The molecule has 21 heavy (non-hydrogen) atoms. The minimum atomic E-state index is 0.0553. The van der Waals surface area contributed by atoms with Crippen molar-refractivity contribution in [1.29, 1.82) is 0 Å². The number of methoxy groups -OCH3 is 2. The van der Waals surface area contributed by atoms with Gasteiger partial charge in [-0.05, 0) is 43.1 Å². The van der Waals surface area contributed by atoms with E-state index in [1.54, 1.807) is 14.2 Å². The van der Waals surface area contributed by atoms with E-state index in [2.05, 4.69) is 12.2 Å². The molecule has 0 bridgehead atoms. The van der Waals surface area contributed by atoms with Crippen LogP contribution in [0.3, 0.4) is 0 Å². The van der Waals surface area contributed by atoms with Gasteiger partial charge in [-0.2, -0.15) is 0 Å². The van der Waals surface area contributed by atoms with E-state index >= 15 is 0 Å². The molecule has 1 aliphatic heterocycles. The summed E-state index contributed by atoms with van der Waals surface area (Å²) in [5, 5.41) is 3.09. The molecule has 0 fully saturated rings. The largest absolute Gasteiger partial charge is 0.493 e. The van der Waals surface area contributed by atoms with E-state index in [-0.39, 0.29) is 11.9 Å². The Balaban J connectivity index is 2.26. The molecule has 0 saturated carbocycles. The van der Waals surface area contributed by atoms with Gasteiger partial charge in [-0.25, -0.2) is 0 Å². The predicted octanol–water partition coefficient (Wildman–Crippen LogP) is 1.76. The highest BCUT2D eigenvalue weighted by Gasteiger charge is 2.28. The predicted molar refractivity (Wildman–Crippen MR) is 81.9 cm³/mol. The van der Waals surface area contributed by atoms with Gasteiger partial charge in [-0.1, -0.05) is 6.92 Å². The molecule has 0 saturated heterocycles. The Bertz CT molecular complexity index is 516. The number of likely N-dealkylation sites (N-methyl/N-ethyl adjacent to an activating group) is 1. The van der Waals surface area contributed by atoms with E-state index in [4.69, 9.17) is 9.47 Å². The molecule has 1 aliphatic rings. The van der Waals surface area contributed by atoms with Crippen molar-refractivity contribution < 1.29 is 14.3 Å². The second-order valence-electron chi connectivity index (χ2n) is 5.20. The Hall–Kier alpha value is -1.75. The summed E-state index contributed by atoms with van der Waals surface area (Å²) >= 11 is 0. The maximum absolute atomic E-state index is 12.3. The van der Waals surface area contributed by atoms with Gasteiger partial charge in [0.2, 0.25) is 5.91 Å². The van der Waals surface area contributed by atoms with Crippen LogP contribution in [0, 0.1) is 0 Å². The number of rotatable bonds is 5. The highest BCUT2D eigenvalue weighted by Crippen LogP contribution is 2.37. The lowest BCUT2D eigenvalue weighted by atomic mass is 9.92. The molecule has 0 aliphatic carbocycles. The molecule has 1 heterocycles. The summed E-state index contributed by atoms with van der Waals surface area (Å²) in [5.74, 6) is 1.60. The van der Waals surface area contributed by atoms with Crippen LogP contribution in [0.15, 0.2) is 12.1 Å². The van der Waals surface area contributed by atoms with Crippen LogP contribution in [-0.4, -0.2) is 44.7 Å². The Morgan fingerprint density at radius 1 is 1.33 bits per heavy atom. The van der Waals surface area contributed by atoms with Crippen molar-refractivity contribution in [2.75, 3.05) is 33.9 Å². The fourth-order valence-corrected chi connectivity index (χ4v) is 2.82. The number of nitrogens with zero attached hydrogens (tertiary/aromatic N) is 1. The summed E-state index contributed by atoms with van der Waals surface area (Å²) in [7, 11) is 3.27. The van der Waals surface area contributed by atoms with Gasteiger partial charge < -0.3 is 19.7 Å². The molecule has 1 aromatic carbocycles. The van der Waals surface area contributed by atoms with Crippen molar-refractivity contribution in [2.24, 2.45) is 0 Å². The van der Waals surface area contributed by atoms with Crippen LogP contribution < -0.4 is 14.8 Å². The van der Waals surface area contributed by atoms with E-state index in [1.807, 2.05) is 24.0 Å². The van der Waals surface area contributed by atoms with Crippen molar-refractivity contribution in [1.82, 2.24) is 10.2 Å². The lowest BCUT2D eigenvalue weighted by molar-refractivity contribution is -0.132. The normalized spacial score (nSPS) is 17.3. The maximum Gasteiger partial charge on any atom is 0.237 e. The minimum absolute atomic E-state index is 0.0553. The average molecular weight is 292 g/mol. The summed E-state index contributed by atoms with van der Waals surface area (Å²) in [5.41, 5.74) is 2.37. The lowest BCUT2D eigenvalue weighted by Gasteiger charge is -2.36. The third-order valence-electron chi connectivity index (χ3n) is 4.03. The molecule has 5 nitrogen and oxygen atoms in total. The molecular formula is C16H24N2O3. The molecule has 1 amide bonds. The van der Waals surface area contributed by atoms with Crippen molar-refractivity contribution in [2.45, 2.75) is 26.3 Å². The van der Waals surface area contributed by atoms with Crippen molar-refractivity contribution in [3.05, 3.63) is 23.3 Å². The van der Waals surface area contributed by atoms with Crippen LogP contribution in [0.25, 0.3) is 0 Å². The van der Waals surface area contributed by atoms with Crippen LogP contribution in [0.5, 0.6) is 11.5 Å². The summed E-state index contributed by atoms with van der Waals surface area (Å²) < 4.78 is 10.7. The van der Waals surface area contributed by atoms with Crippen LogP contribution in [0.4, 0.5) is 0 Å². The standard InChI is InChI=1S/C16H24N2O3/c1-5-17-10-16(19)18-7-6-12-8-14(20-3)15(21-4)9-13(12)11(18)2/h8-9,11,17H,5-7,10H2,1-4H3/t11-/m1/s1. The topological polar surface area (TPSA) is 50.8 Å². The Morgan fingerprint density at radius 3 is 2.62 bits per heavy atom. The molecule has 0 spiro atoms. The molecule has 0 radical (unpaired) electrons. The molecule has 2 rings (SSSR count). The van der Waals surface area contributed by atoms with E-state index in [1.165, 1.54) is 5.56 Å². The van der Waals surface area contributed by atoms with Crippen LogP contribution in [0.1, 0.15) is 31.0 Å². The first-order valence-corrected chi connectivity index (χ1v) is 7.37. The summed E-state index contributed by atoms with van der Waals surface area (Å²) in [6.07, 6.45) is 0.845. The highest BCUT2D eigenvalue weighted by molar-refractivity contribution is 5.79. The first-order chi connectivity index (χ1) is 10.1. The third-order valence-corrected chi connectivity index (χ3v) is 4.03. The van der Waals surface area contributed by atoms with E-state index < -0.39 is 0 Å². The molecule has 0 unspecified atom stereocenters. The smallest absolute Gasteiger partial charge is 0.237 e. The van der Waals surface area contributed by atoms with Gasteiger partial charge in [0, 0.05) is 6.54 Å². The molecule has 116 valence electrons. The van der Waals surface area contributed by atoms with Gasteiger partial charge in [0.05, 0.1) is 26.8 Å². The second-order valence-corrected chi connectivity index (χ2v) is 5.20. The van der Waals surface area contributed by atoms with Gasteiger partial charge in [-0.3, -0.25) is 4.79 Å². The Kier molecular flexibility index (Phi) is 5.07. The fraction of sp³-hybridized carbons (Fsp3) is 0.562. The first-order valence-electron chi connectivity index (χ1n) is 7.37. The van der Waals surface area contributed by atoms with Gasteiger partial charge in [0.15, 0.2) is 11.5 Å². The van der Waals surface area contributed by atoms with Crippen molar-refractivity contribution in [3.8, 4) is 11.5 Å². The third kappa shape index (κ3) is 3.13. The molecule has 5 heteroatoms. The van der Waals surface area contributed by atoms with E-state index in [0.29, 0.717) is 12.3 Å². The van der Waals surface area contributed by atoms with Crippen LogP contribution in [0.2, 0.25) is 0 Å². The zero-order valence-electron chi connectivity index (χ0n) is 13.2. The van der Waals surface area contributed by atoms with E-state index in [9.17, 15) is 4.79 Å². The summed E-state index contributed by atoms with van der Waals surface area (Å²) in [6, 6.07) is 4.07. The van der Waals surface area contributed by atoms with Gasteiger partial charge in [0.25, 0.3) is 0 Å². The maximum atomic E-state index is 12.3. The molecule has 1 atom stereocenters. The van der Waals surface area contributed by atoms with Crippen LogP contribution in [-0.2, 0) is 11.2 Å². The van der Waals surface area contributed by atoms with Gasteiger partial charge in [-0.15, -0.1) is 0 Å². The zero-order valence-corrected chi connectivity index (χ0v) is 13.2. The quantitative estimate of drug-likeness (QED) is 0.898. The number of amides is 1. The number of ether oxygens (including phenoxy) is 2. The Morgan fingerprint density at radius 2 is 2.00 bits per heavy atom. The number of fused-ring (bicyclic) bond motifs is 1. The average Bonchev–Trinajstić information content (AvgIpc) is 2.51. The highest BCUT2D eigenvalue weighted by atomic mass is 16.5. The number of nitrogens with one attached hydrogen (secondary N) is 1. The van der Waals surface area contributed by atoms with Gasteiger partial charge in [0.1, 0.15) is 0 Å². The first kappa shape index (κ1) is 15.6. The molecule has 1 aromatic rings. The molecular weight excluding hydrogens is 268 g/mol. The number of hydrogen-bond acceptors (Lipinski definition) is 4. The van der Waals surface area contributed by atoms with Gasteiger partial charge >= 0.3 is 0 Å². The van der Waals surface area contributed by atoms with Crippen molar-refractivity contribution in [3.63, 3.8) is 0 Å². The van der Waals surface area contributed by atoms with E-state index in [0.717, 1.165) is 30.8 Å². The SMILES string of the molecule is CCNCC(=O)N1CCc2cc(OC)c(OC)cc2[C@H]1C. The number of hydrogen-bond donors (Lipinski definition) is 1. The number of carbonyl (C=O) groups is 1. The zero-order chi connectivity index (χ0) is 15.4. The van der Waals surface area contributed by atoms with Crippen molar-refractivity contribution >= 4 is 5.91 Å². The lowest BCUT2D eigenvalue weighted by Crippen LogP contribution is -2.43.